The molecule has 2 aromatic carbocycles. The molecule has 0 unspecified atom stereocenters. The van der Waals surface area contributed by atoms with E-state index in [0.717, 1.165) is 29.1 Å². The fraction of sp³-hybridized carbons (Fsp3) is 0.286. The Hall–Kier alpha value is -3.01. The smallest absolute Gasteiger partial charge is 0.325 e. The normalized spacial score (nSPS) is 18.2. The third kappa shape index (κ3) is 4.39. The molecule has 1 aliphatic rings. The van der Waals surface area contributed by atoms with E-state index in [0.29, 0.717) is 11.6 Å². The summed E-state index contributed by atoms with van der Waals surface area (Å²) in [5, 5.41) is 10.8. The zero-order valence-corrected chi connectivity index (χ0v) is 17.6. The number of hydrogen-bond donors (Lipinski definition) is 2. The second kappa shape index (κ2) is 8.26. The summed E-state index contributed by atoms with van der Waals surface area (Å²) in [6.07, 6.45) is -3.83. The Bertz CT molecular complexity index is 1100. The van der Waals surface area contributed by atoms with Crippen LogP contribution in [0, 0.1) is 6.92 Å². The Morgan fingerprint density at radius 3 is 2.61 bits per heavy atom. The van der Waals surface area contributed by atoms with E-state index in [1.165, 1.54) is 23.9 Å². The number of hydrogen-bond acceptors (Lipinski definition) is 5. The average molecular weight is 447 g/mol. The number of carbonyl (C=O) groups is 1. The second-order valence-corrected chi connectivity index (χ2v) is 8.32. The lowest BCUT2D eigenvalue weighted by Gasteiger charge is -2.33. The highest BCUT2D eigenvalue weighted by molar-refractivity contribution is 8.00. The number of halogens is 3. The van der Waals surface area contributed by atoms with Crippen molar-refractivity contribution in [3.8, 4) is 0 Å². The van der Waals surface area contributed by atoms with Gasteiger partial charge in [-0.25, -0.2) is 4.68 Å². The van der Waals surface area contributed by atoms with Gasteiger partial charge in [0.25, 0.3) is 0 Å². The van der Waals surface area contributed by atoms with Crippen molar-refractivity contribution in [3.63, 3.8) is 0 Å². The van der Waals surface area contributed by atoms with Gasteiger partial charge in [-0.1, -0.05) is 54.6 Å². The number of carbonyl (C=O) groups excluding carboxylic acids is 1. The lowest BCUT2D eigenvalue weighted by molar-refractivity contribution is -0.137. The summed E-state index contributed by atoms with van der Waals surface area (Å²) in [5.74, 6) is 0.311. The van der Waals surface area contributed by atoms with Crippen LogP contribution < -0.4 is 10.7 Å². The van der Waals surface area contributed by atoms with Gasteiger partial charge in [-0.15, -0.1) is 10.2 Å². The predicted octanol–water partition coefficient (Wildman–Crippen LogP) is 4.57. The number of nitrogens with zero attached hydrogens (tertiary/aromatic N) is 3. The number of aromatic nitrogens is 3. The average Bonchev–Trinajstić information content (AvgIpc) is 3.15. The van der Waals surface area contributed by atoms with Crippen LogP contribution in [0.5, 0.6) is 0 Å². The molecule has 0 saturated carbocycles. The zero-order valence-electron chi connectivity index (χ0n) is 16.8. The molecule has 0 radical (unpaired) electrons. The van der Waals surface area contributed by atoms with E-state index in [4.69, 9.17) is 0 Å². The molecule has 2 N–H and O–H groups in total. The maximum absolute atomic E-state index is 13.2. The van der Waals surface area contributed by atoms with E-state index in [1.54, 1.807) is 4.68 Å². The van der Waals surface area contributed by atoms with Crippen molar-refractivity contribution in [1.82, 2.24) is 14.9 Å². The van der Waals surface area contributed by atoms with Crippen molar-refractivity contribution in [2.24, 2.45) is 0 Å². The van der Waals surface area contributed by atoms with Gasteiger partial charge in [-0.05, 0) is 30.7 Å². The summed E-state index contributed by atoms with van der Waals surface area (Å²) in [5.41, 5.74) is 4.54. The van der Waals surface area contributed by atoms with Gasteiger partial charge in [0.05, 0.1) is 11.6 Å². The standard InChI is InChI=1S/C21H20F3N5OS/c1-3-16-26-27-20-29(16)28-17(13-9-7-12(2)8-10-13)18(31-20)19(30)25-15-6-4-5-14(11-15)21(22,23)24/h4-11,17-18,28H,3H2,1-2H3,(H,25,30)/t17-,18-/m0/s1. The molecule has 10 heteroatoms. The zero-order chi connectivity index (χ0) is 22.2. The molecular weight excluding hydrogens is 427 g/mol. The second-order valence-electron chi connectivity index (χ2n) is 7.21. The van der Waals surface area contributed by atoms with Gasteiger partial charge >= 0.3 is 6.18 Å². The first-order valence-electron chi connectivity index (χ1n) is 9.68. The minimum Gasteiger partial charge on any atom is -0.325 e. The van der Waals surface area contributed by atoms with Crippen LogP contribution in [0.25, 0.3) is 0 Å². The van der Waals surface area contributed by atoms with E-state index in [2.05, 4.69) is 20.9 Å². The number of alkyl halides is 3. The Morgan fingerprint density at radius 1 is 1.19 bits per heavy atom. The fourth-order valence-electron chi connectivity index (χ4n) is 3.34. The maximum atomic E-state index is 13.2. The third-order valence-corrected chi connectivity index (χ3v) is 6.19. The van der Waals surface area contributed by atoms with Crippen molar-refractivity contribution in [2.75, 3.05) is 10.7 Å². The van der Waals surface area contributed by atoms with Gasteiger partial charge in [0.15, 0.2) is 5.82 Å². The number of anilines is 1. The molecule has 1 aliphatic heterocycles. The van der Waals surface area contributed by atoms with Crippen LogP contribution in [0.4, 0.5) is 18.9 Å². The van der Waals surface area contributed by atoms with Gasteiger partial charge < -0.3 is 10.7 Å². The van der Waals surface area contributed by atoms with Gasteiger partial charge in [-0.2, -0.15) is 13.2 Å². The molecule has 0 spiro atoms. The molecule has 0 fully saturated rings. The Morgan fingerprint density at radius 2 is 1.94 bits per heavy atom. The number of rotatable bonds is 4. The van der Waals surface area contributed by atoms with E-state index in [-0.39, 0.29) is 5.69 Å². The van der Waals surface area contributed by atoms with Crippen molar-refractivity contribution in [2.45, 2.75) is 42.9 Å². The van der Waals surface area contributed by atoms with Crippen molar-refractivity contribution in [3.05, 3.63) is 71.0 Å². The van der Waals surface area contributed by atoms with Crippen molar-refractivity contribution in [1.29, 1.82) is 0 Å². The number of thioether (sulfide) groups is 1. The number of aryl methyl sites for hydroxylation is 2. The molecule has 4 rings (SSSR count). The topological polar surface area (TPSA) is 71.8 Å². The molecule has 0 bridgehead atoms. The van der Waals surface area contributed by atoms with Crippen LogP contribution in [0.2, 0.25) is 0 Å². The van der Waals surface area contributed by atoms with Crippen LogP contribution in [-0.2, 0) is 17.4 Å². The SMILES string of the molecule is CCc1nnc2n1N[C@@H](c1ccc(C)cc1)[C@@H](C(=O)Nc1cccc(C(F)(F)F)c1)S2. The first-order chi connectivity index (χ1) is 14.8. The number of nitrogens with one attached hydrogen (secondary N) is 2. The highest BCUT2D eigenvalue weighted by Crippen LogP contribution is 2.38. The molecule has 162 valence electrons. The van der Waals surface area contributed by atoms with Crippen LogP contribution in [0.3, 0.4) is 0 Å². The highest BCUT2D eigenvalue weighted by Gasteiger charge is 2.38. The van der Waals surface area contributed by atoms with E-state index < -0.39 is 28.9 Å². The maximum Gasteiger partial charge on any atom is 0.416 e. The largest absolute Gasteiger partial charge is 0.416 e. The molecule has 0 aliphatic carbocycles. The molecule has 0 saturated heterocycles. The monoisotopic (exact) mass is 447 g/mol. The van der Waals surface area contributed by atoms with Gasteiger partial charge in [0.1, 0.15) is 5.25 Å². The van der Waals surface area contributed by atoms with Crippen molar-refractivity contribution < 1.29 is 18.0 Å². The molecule has 31 heavy (non-hydrogen) atoms. The van der Waals surface area contributed by atoms with E-state index in [9.17, 15) is 18.0 Å². The molecule has 1 amide bonds. The number of fused-ring (bicyclic) bond motifs is 1. The summed E-state index contributed by atoms with van der Waals surface area (Å²) in [4.78, 5) is 13.2. The number of benzene rings is 2. The molecule has 2 atom stereocenters. The minimum atomic E-state index is -4.49. The van der Waals surface area contributed by atoms with Crippen LogP contribution >= 0.6 is 11.8 Å². The quantitative estimate of drug-likeness (QED) is 0.613. The van der Waals surface area contributed by atoms with E-state index in [1.807, 2.05) is 38.1 Å². The van der Waals surface area contributed by atoms with Gasteiger partial charge in [-0.3, -0.25) is 4.79 Å². The van der Waals surface area contributed by atoms with Crippen LogP contribution in [-0.4, -0.2) is 26.0 Å². The lowest BCUT2D eigenvalue weighted by atomic mass is 10.0. The van der Waals surface area contributed by atoms with Gasteiger partial charge in [0.2, 0.25) is 11.1 Å². The van der Waals surface area contributed by atoms with E-state index >= 15 is 0 Å². The molecule has 3 aromatic rings. The summed E-state index contributed by atoms with van der Waals surface area (Å²) in [6.45, 7) is 3.93. The number of amides is 1. The van der Waals surface area contributed by atoms with Crippen LogP contribution in [0.1, 0.15) is 35.5 Å². The molecular formula is C21H20F3N5OS. The fourth-order valence-corrected chi connectivity index (χ4v) is 4.44. The van der Waals surface area contributed by atoms with Crippen molar-refractivity contribution >= 4 is 23.4 Å². The lowest BCUT2D eigenvalue weighted by Crippen LogP contribution is -2.41. The summed E-state index contributed by atoms with van der Waals surface area (Å²) in [7, 11) is 0. The summed E-state index contributed by atoms with van der Waals surface area (Å²) < 4.78 is 40.9. The van der Waals surface area contributed by atoms with Crippen LogP contribution in [0.15, 0.2) is 53.7 Å². The molecule has 6 nitrogen and oxygen atoms in total. The summed E-state index contributed by atoms with van der Waals surface area (Å²) in [6, 6.07) is 11.9. The minimum absolute atomic E-state index is 0.0874. The Labute approximate surface area is 181 Å². The highest BCUT2D eigenvalue weighted by atomic mass is 32.2. The summed E-state index contributed by atoms with van der Waals surface area (Å²) >= 11 is 1.23. The first-order valence-corrected chi connectivity index (χ1v) is 10.6. The Kier molecular flexibility index (Phi) is 5.65. The molecule has 1 aromatic heterocycles. The predicted molar refractivity (Wildman–Crippen MR) is 112 cm³/mol. The van der Waals surface area contributed by atoms with Gasteiger partial charge in [0, 0.05) is 12.1 Å². The first kappa shape index (κ1) is 21.2. The Balaban J connectivity index is 1.65. The molecule has 2 heterocycles. The third-order valence-electron chi connectivity index (χ3n) is 4.97.